The molecule has 6 atom stereocenters. The predicted molar refractivity (Wildman–Crippen MR) is 86.2 cm³/mol. The largest absolute Gasteiger partial charge is 0.454 e. The van der Waals surface area contributed by atoms with Crippen molar-refractivity contribution in [2.24, 2.45) is 5.41 Å². The molecular weight excluding hydrogens is 328 g/mol. The van der Waals surface area contributed by atoms with Crippen LogP contribution < -0.4 is 0 Å². The van der Waals surface area contributed by atoms with Crippen molar-refractivity contribution in [3.63, 3.8) is 0 Å². The van der Waals surface area contributed by atoms with Crippen LogP contribution in [0.2, 0.25) is 0 Å². The summed E-state index contributed by atoms with van der Waals surface area (Å²) in [5, 5.41) is 20.7. The zero-order chi connectivity index (χ0) is 18.2. The lowest BCUT2D eigenvalue weighted by Crippen LogP contribution is -2.63. The summed E-state index contributed by atoms with van der Waals surface area (Å²) in [5.74, 6) is -0.538. The fraction of sp³-hybridized carbons (Fsp3) is 0.611. The highest BCUT2D eigenvalue weighted by Gasteiger charge is 2.51. The van der Waals surface area contributed by atoms with E-state index in [4.69, 9.17) is 18.9 Å². The first-order valence-electron chi connectivity index (χ1n) is 8.32. The summed E-state index contributed by atoms with van der Waals surface area (Å²) in [5.41, 5.74) is 0.0434. The molecule has 2 heterocycles. The fourth-order valence-corrected chi connectivity index (χ4v) is 2.79. The van der Waals surface area contributed by atoms with Gasteiger partial charge in [-0.1, -0.05) is 30.3 Å². The molecule has 1 unspecified atom stereocenters. The summed E-state index contributed by atoms with van der Waals surface area (Å²) in [4.78, 5) is 12.1. The summed E-state index contributed by atoms with van der Waals surface area (Å²) >= 11 is 0. The van der Waals surface area contributed by atoms with Gasteiger partial charge in [0.1, 0.15) is 18.3 Å². The molecule has 0 bridgehead atoms. The van der Waals surface area contributed by atoms with Gasteiger partial charge in [-0.25, -0.2) is 0 Å². The van der Waals surface area contributed by atoms with E-state index in [1.165, 1.54) is 0 Å². The topological polar surface area (TPSA) is 94.5 Å². The first kappa shape index (κ1) is 18.3. The number of fused-ring (bicyclic) bond motifs is 1. The molecule has 2 aliphatic rings. The van der Waals surface area contributed by atoms with Crippen molar-refractivity contribution in [2.45, 2.75) is 57.8 Å². The van der Waals surface area contributed by atoms with E-state index in [9.17, 15) is 15.0 Å². The molecule has 7 nitrogen and oxygen atoms in total. The Kier molecular flexibility index (Phi) is 5.13. The van der Waals surface area contributed by atoms with Crippen LogP contribution in [0.5, 0.6) is 0 Å². The normalized spacial score (nSPS) is 35.7. The summed E-state index contributed by atoms with van der Waals surface area (Å²) in [6.07, 6.45) is -5.97. The lowest BCUT2D eigenvalue weighted by atomic mass is 9.95. The van der Waals surface area contributed by atoms with Gasteiger partial charge in [-0.15, -0.1) is 0 Å². The molecule has 7 heteroatoms. The van der Waals surface area contributed by atoms with E-state index in [-0.39, 0.29) is 6.61 Å². The zero-order valence-corrected chi connectivity index (χ0v) is 14.5. The van der Waals surface area contributed by atoms with E-state index in [2.05, 4.69) is 0 Å². The van der Waals surface area contributed by atoms with Crippen LogP contribution in [0.15, 0.2) is 30.3 Å². The third-order valence-electron chi connectivity index (χ3n) is 4.25. The van der Waals surface area contributed by atoms with Crippen molar-refractivity contribution in [1.29, 1.82) is 0 Å². The van der Waals surface area contributed by atoms with Crippen molar-refractivity contribution in [3.8, 4) is 0 Å². The molecule has 0 aliphatic carbocycles. The highest BCUT2D eigenvalue weighted by atomic mass is 16.7. The van der Waals surface area contributed by atoms with Gasteiger partial charge in [0.25, 0.3) is 0 Å². The standard InChI is InChI=1S/C18H24O7/c1-18(2,3)17(21)25-14-12(19)13-11(23-15(14)20)9-22-16(24-13)10-7-5-4-6-8-10/h4-8,11-16,19-20H,9H2,1-3H3/t11-,12+,13-,14-,15+,16?/m1/s1. The third-order valence-corrected chi connectivity index (χ3v) is 4.25. The minimum Gasteiger partial charge on any atom is -0.454 e. The number of aliphatic hydroxyl groups excluding tert-OH is 2. The van der Waals surface area contributed by atoms with E-state index in [0.717, 1.165) is 5.56 Å². The molecule has 0 radical (unpaired) electrons. The molecule has 1 aromatic rings. The molecule has 2 saturated heterocycles. The smallest absolute Gasteiger partial charge is 0.311 e. The molecule has 2 N–H and O–H groups in total. The van der Waals surface area contributed by atoms with Gasteiger partial charge in [0.15, 0.2) is 18.7 Å². The summed E-state index contributed by atoms with van der Waals surface area (Å²) in [6.45, 7) is 5.23. The second-order valence-corrected chi connectivity index (χ2v) is 7.35. The van der Waals surface area contributed by atoms with Crippen LogP contribution in [0.4, 0.5) is 0 Å². The van der Waals surface area contributed by atoms with Gasteiger partial charge in [-0.3, -0.25) is 4.79 Å². The SMILES string of the molecule is CC(C)(C)C(=O)O[C@@H]1[C@@H](O)[C@@H]2OC(c3ccccc3)OC[C@H]2O[C@@H]1O. The number of carbonyl (C=O) groups is 1. The molecule has 138 valence electrons. The lowest BCUT2D eigenvalue weighted by molar-refractivity contribution is -0.356. The average Bonchev–Trinajstić information content (AvgIpc) is 2.58. The Morgan fingerprint density at radius 2 is 1.84 bits per heavy atom. The minimum absolute atomic E-state index is 0.151. The van der Waals surface area contributed by atoms with E-state index < -0.39 is 48.4 Å². The number of carbonyl (C=O) groups excluding carboxylic acids is 1. The van der Waals surface area contributed by atoms with E-state index in [1.54, 1.807) is 20.8 Å². The maximum Gasteiger partial charge on any atom is 0.311 e. The Balaban J connectivity index is 1.73. The van der Waals surface area contributed by atoms with Gasteiger partial charge >= 0.3 is 5.97 Å². The number of ether oxygens (including phenoxy) is 4. The van der Waals surface area contributed by atoms with Gasteiger partial charge < -0.3 is 29.2 Å². The number of hydrogen-bond donors (Lipinski definition) is 2. The first-order valence-corrected chi connectivity index (χ1v) is 8.32. The number of benzene rings is 1. The Morgan fingerprint density at radius 1 is 1.16 bits per heavy atom. The molecule has 0 amide bonds. The second kappa shape index (κ2) is 7.01. The molecule has 0 aromatic heterocycles. The Morgan fingerprint density at radius 3 is 2.48 bits per heavy atom. The number of aliphatic hydroxyl groups is 2. The number of rotatable bonds is 2. The zero-order valence-electron chi connectivity index (χ0n) is 14.5. The van der Waals surface area contributed by atoms with Crippen molar-refractivity contribution >= 4 is 5.97 Å². The molecule has 0 saturated carbocycles. The Bertz CT molecular complexity index is 597. The van der Waals surface area contributed by atoms with Gasteiger partial charge in [0.05, 0.1) is 12.0 Å². The van der Waals surface area contributed by atoms with Crippen LogP contribution in [0, 0.1) is 5.41 Å². The van der Waals surface area contributed by atoms with Crippen molar-refractivity contribution in [3.05, 3.63) is 35.9 Å². The molecule has 25 heavy (non-hydrogen) atoms. The average molecular weight is 352 g/mol. The fourth-order valence-electron chi connectivity index (χ4n) is 2.79. The summed E-state index contributed by atoms with van der Waals surface area (Å²) in [7, 11) is 0. The maximum atomic E-state index is 12.1. The van der Waals surface area contributed by atoms with Gasteiger partial charge in [0.2, 0.25) is 0 Å². The highest BCUT2D eigenvalue weighted by Crippen LogP contribution is 2.35. The molecule has 2 fully saturated rings. The van der Waals surface area contributed by atoms with Crippen molar-refractivity contribution < 1.29 is 34.0 Å². The van der Waals surface area contributed by atoms with Crippen molar-refractivity contribution in [1.82, 2.24) is 0 Å². The number of hydrogen-bond acceptors (Lipinski definition) is 7. The summed E-state index contributed by atoms with van der Waals surface area (Å²) in [6, 6.07) is 9.31. The molecule has 2 aliphatic heterocycles. The van der Waals surface area contributed by atoms with Crippen LogP contribution in [0.3, 0.4) is 0 Å². The quantitative estimate of drug-likeness (QED) is 0.771. The van der Waals surface area contributed by atoms with E-state index in [1.807, 2.05) is 30.3 Å². The molecule has 1 aromatic carbocycles. The van der Waals surface area contributed by atoms with Gasteiger partial charge in [-0.2, -0.15) is 0 Å². The van der Waals surface area contributed by atoms with Crippen LogP contribution in [-0.4, -0.2) is 53.5 Å². The molecular formula is C18H24O7. The summed E-state index contributed by atoms with van der Waals surface area (Å²) < 4.78 is 22.2. The Labute approximate surface area is 146 Å². The Hall–Kier alpha value is -1.51. The van der Waals surface area contributed by atoms with Crippen LogP contribution in [-0.2, 0) is 23.7 Å². The van der Waals surface area contributed by atoms with E-state index >= 15 is 0 Å². The third kappa shape index (κ3) is 3.86. The highest BCUT2D eigenvalue weighted by molar-refractivity contribution is 5.75. The number of esters is 1. The van der Waals surface area contributed by atoms with Crippen LogP contribution in [0.1, 0.15) is 32.6 Å². The van der Waals surface area contributed by atoms with Crippen molar-refractivity contribution in [2.75, 3.05) is 6.61 Å². The van der Waals surface area contributed by atoms with E-state index in [0.29, 0.717) is 0 Å². The minimum atomic E-state index is -1.44. The van der Waals surface area contributed by atoms with Gasteiger partial charge in [0, 0.05) is 5.56 Å². The van der Waals surface area contributed by atoms with Crippen LogP contribution >= 0.6 is 0 Å². The molecule has 3 rings (SSSR count). The predicted octanol–water partition coefficient (Wildman–Crippen LogP) is 1.14. The second-order valence-electron chi connectivity index (χ2n) is 7.35. The van der Waals surface area contributed by atoms with Crippen LogP contribution in [0.25, 0.3) is 0 Å². The maximum absolute atomic E-state index is 12.1. The first-order chi connectivity index (χ1) is 11.8. The molecule has 0 spiro atoms. The monoisotopic (exact) mass is 352 g/mol. The van der Waals surface area contributed by atoms with Gasteiger partial charge in [-0.05, 0) is 20.8 Å². The lowest BCUT2D eigenvalue weighted by Gasteiger charge is -2.46.